The Kier molecular flexibility index (Phi) is 5.61. The number of benzene rings is 2. The van der Waals surface area contributed by atoms with Crippen LogP contribution in [0.4, 0.5) is 0 Å². The van der Waals surface area contributed by atoms with Crippen molar-refractivity contribution in [2.24, 2.45) is 0 Å². The summed E-state index contributed by atoms with van der Waals surface area (Å²) in [5, 5.41) is 0.394. The van der Waals surface area contributed by atoms with Crippen LogP contribution in [-0.4, -0.2) is 21.6 Å². The fourth-order valence-electron chi connectivity index (χ4n) is 1.70. The smallest absolute Gasteiger partial charge is 0.240 e. The number of hydrogen-bond donors (Lipinski definition) is 1. The summed E-state index contributed by atoms with van der Waals surface area (Å²) < 4.78 is 32.0. The molecule has 0 amide bonds. The van der Waals surface area contributed by atoms with Gasteiger partial charge in [-0.3, -0.25) is 0 Å². The average Bonchev–Trinajstić information content (AvgIpc) is 2.48. The highest BCUT2D eigenvalue weighted by atomic mass is 35.5. The van der Waals surface area contributed by atoms with Gasteiger partial charge in [0.1, 0.15) is 5.75 Å². The van der Waals surface area contributed by atoms with Crippen molar-refractivity contribution in [2.45, 2.75) is 11.3 Å². The number of ether oxygens (including phenoxy) is 1. The van der Waals surface area contributed by atoms with E-state index in [2.05, 4.69) is 4.72 Å². The molecule has 0 aliphatic heterocycles. The summed E-state index contributed by atoms with van der Waals surface area (Å²) >= 11 is 5.79. The second-order valence-corrected chi connectivity index (χ2v) is 6.57. The molecule has 0 spiro atoms. The molecule has 0 saturated heterocycles. The predicted molar refractivity (Wildman–Crippen MR) is 83.2 cm³/mol. The number of para-hydroxylation sites is 1. The summed E-state index contributed by atoms with van der Waals surface area (Å²) in [6.45, 7) is 0.754. The maximum Gasteiger partial charge on any atom is 0.240 e. The molecule has 0 aliphatic rings. The van der Waals surface area contributed by atoms with Crippen molar-refractivity contribution in [2.75, 3.05) is 13.2 Å². The van der Waals surface area contributed by atoms with Crippen molar-refractivity contribution in [1.82, 2.24) is 4.72 Å². The second-order valence-electron chi connectivity index (χ2n) is 4.37. The zero-order chi connectivity index (χ0) is 15.1. The van der Waals surface area contributed by atoms with Crippen molar-refractivity contribution in [3.05, 3.63) is 59.6 Å². The molecule has 0 aliphatic carbocycles. The van der Waals surface area contributed by atoms with Crippen molar-refractivity contribution in [3.63, 3.8) is 0 Å². The van der Waals surface area contributed by atoms with E-state index in [1.165, 1.54) is 12.1 Å². The number of sulfonamides is 1. The zero-order valence-electron chi connectivity index (χ0n) is 11.3. The van der Waals surface area contributed by atoms with Gasteiger partial charge in [-0.15, -0.1) is 0 Å². The molecule has 0 heterocycles. The van der Waals surface area contributed by atoms with Gasteiger partial charge in [0.05, 0.1) is 11.5 Å². The Morgan fingerprint density at radius 2 is 1.81 bits per heavy atom. The third kappa shape index (κ3) is 5.04. The topological polar surface area (TPSA) is 55.4 Å². The van der Waals surface area contributed by atoms with Crippen LogP contribution in [0.5, 0.6) is 5.75 Å². The number of rotatable bonds is 7. The molecule has 4 nitrogen and oxygen atoms in total. The molecule has 0 bridgehead atoms. The molecule has 6 heteroatoms. The van der Waals surface area contributed by atoms with Crippen LogP contribution < -0.4 is 9.46 Å². The van der Waals surface area contributed by atoms with Gasteiger partial charge in [-0.25, -0.2) is 13.1 Å². The molecule has 2 rings (SSSR count). The predicted octanol–water partition coefficient (Wildman–Crippen LogP) is 3.09. The standard InChI is InChI=1S/C15H16ClNO3S/c16-13-6-4-9-15(12-13)21(18,19)17-10-5-11-20-14-7-2-1-3-8-14/h1-4,6-9,12,17H,5,10-11H2. The number of halogens is 1. The quantitative estimate of drug-likeness (QED) is 0.796. The number of nitrogens with one attached hydrogen (secondary N) is 1. The first-order valence-corrected chi connectivity index (χ1v) is 8.37. The lowest BCUT2D eigenvalue weighted by atomic mass is 10.3. The van der Waals surface area contributed by atoms with Crippen LogP contribution in [0.1, 0.15) is 6.42 Å². The molecule has 2 aromatic rings. The van der Waals surface area contributed by atoms with Crippen LogP contribution >= 0.6 is 11.6 Å². The summed E-state index contributed by atoms with van der Waals surface area (Å²) in [6.07, 6.45) is 0.578. The van der Waals surface area contributed by atoms with Crippen LogP contribution in [0.15, 0.2) is 59.5 Å². The van der Waals surface area contributed by atoms with Crippen LogP contribution in [-0.2, 0) is 10.0 Å². The Bertz CT molecular complexity index is 674. The molecule has 0 aromatic heterocycles. The minimum Gasteiger partial charge on any atom is -0.494 e. The third-order valence-corrected chi connectivity index (χ3v) is 4.43. The van der Waals surface area contributed by atoms with E-state index >= 15 is 0 Å². The van der Waals surface area contributed by atoms with E-state index in [-0.39, 0.29) is 4.90 Å². The maximum atomic E-state index is 12.0. The first-order valence-electron chi connectivity index (χ1n) is 6.51. The molecule has 112 valence electrons. The van der Waals surface area contributed by atoms with E-state index in [0.717, 1.165) is 5.75 Å². The van der Waals surface area contributed by atoms with Gasteiger partial charge in [-0.2, -0.15) is 0 Å². The largest absolute Gasteiger partial charge is 0.494 e. The Morgan fingerprint density at radius 1 is 1.05 bits per heavy atom. The second kappa shape index (κ2) is 7.45. The van der Waals surface area contributed by atoms with E-state index in [4.69, 9.17) is 16.3 Å². The van der Waals surface area contributed by atoms with Crippen LogP contribution in [0.3, 0.4) is 0 Å². The molecule has 0 fully saturated rings. The summed E-state index contributed by atoms with van der Waals surface area (Å²) in [7, 11) is -3.52. The van der Waals surface area contributed by atoms with Crippen molar-refractivity contribution in [1.29, 1.82) is 0 Å². The molecular weight excluding hydrogens is 310 g/mol. The highest BCUT2D eigenvalue weighted by molar-refractivity contribution is 7.89. The van der Waals surface area contributed by atoms with Crippen molar-refractivity contribution >= 4 is 21.6 Å². The van der Waals surface area contributed by atoms with Gasteiger partial charge >= 0.3 is 0 Å². The molecule has 0 saturated carbocycles. The fraction of sp³-hybridized carbons (Fsp3) is 0.200. The van der Waals surface area contributed by atoms with Crippen LogP contribution in [0, 0.1) is 0 Å². The van der Waals surface area contributed by atoms with Gasteiger partial charge < -0.3 is 4.74 Å². The highest BCUT2D eigenvalue weighted by Crippen LogP contribution is 2.15. The normalized spacial score (nSPS) is 11.3. The Balaban J connectivity index is 1.78. The van der Waals surface area contributed by atoms with Crippen LogP contribution in [0.25, 0.3) is 0 Å². The lowest BCUT2D eigenvalue weighted by Crippen LogP contribution is -2.25. The van der Waals surface area contributed by atoms with Gasteiger partial charge in [0.15, 0.2) is 0 Å². The molecular formula is C15H16ClNO3S. The molecule has 2 aromatic carbocycles. The van der Waals surface area contributed by atoms with E-state index in [0.29, 0.717) is 24.6 Å². The Hall–Kier alpha value is -1.56. The molecule has 0 atom stereocenters. The minimum atomic E-state index is -3.52. The van der Waals surface area contributed by atoms with Crippen molar-refractivity contribution < 1.29 is 13.2 Å². The van der Waals surface area contributed by atoms with Crippen molar-refractivity contribution in [3.8, 4) is 5.75 Å². The monoisotopic (exact) mass is 325 g/mol. The van der Waals surface area contributed by atoms with E-state index in [1.54, 1.807) is 12.1 Å². The third-order valence-electron chi connectivity index (χ3n) is 2.73. The minimum absolute atomic E-state index is 0.166. The zero-order valence-corrected chi connectivity index (χ0v) is 12.9. The lowest BCUT2D eigenvalue weighted by molar-refractivity contribution is 0.311. The van der Waals surface area contributed by atoms with Gasteiger partial charge in [-0.1, -0.05) is 35.9 Å². The van der Waals surface area contributed by atoms with E-state index in [1.807, 2.05) is 30.3 Å². The molecule has 1 N–H and O–H groups in total. The average molecular weight is 326 g/mol. The Morgan fingerprint density at radius 3 is 2.52 bits per heavy atom. The van der Waals surface area contributed by atoms with Gasteiger partial charge in [-0.05, 0) is 36.8 Å². The van der Waals surface area contributed by atoms with Gasteiger partial charge in [0.25, 0.3) is 0 Å². The van der Waals surface area contributed by atoms with E-state index < -0.39 is 10.0 Å². The lowest BCUT2D eigenvalue weighted by Gasteiger charge is -2.08. The van der Waals surface area contributed by atoms with Gasteiger partial charge in [0, 0.05) is 11.6 Å². The maximum absolute atomic E-state index is 12.0. The summed E-state index contributed by atoms with van der Waals surface area (Å²) in [6, 6.07) is 15.6. The first kappa shape index (κ1) is 15.8. The van der Waals surface area contributed by atoms with E-state index in [9.17, 15) is 8.42 Å². The highest BCUT2D eigenvalue weighted by Gasteiger charge is 2.13. The molecule has 0 unspecified atom stereocenters. The van der Waals surface area contributed by atoms with Crippen LogP contribution in [0.2, 0.25) is 5.02 Å². The molecule has 0 radical (unpaired) electrons. The number of hydrogen-bond acceptors (Lipinski definition) is 3. The summed E-state index contributed by atoms with van der Waals surface area (Å²) in [5.74, 6) is 0.773. The summed E-state index contributed by atoms with van der Waals surface area (Å²) in [4.78, 5) is 0.166. The van der Waals surface area contributed by atoms with Gasteiger partial charge in [0.2, 0.25) is 10.0 Å². The fourth-order valence-corrected chi connectivity index (χ4v) is 3.08. The first-order chi connectivity index (χ1) is 10.1. The molecule has 21 heavy (non-hydrogen) atoms. The Labute approximate surface area is 129 Å². The summed E-state index contributed by atoms with van der Waals surface area (Å²) in [5.41, 5.74) is 0. The SMILES string of the molecule is O=S(=O)(NCCCOc1ccccc1)c1cccc(Cl)c1.